The maximum absolute atomic E-state index is 13.8. The first kappa shape index (κ1) is 28.8. The Balaban J connectivity index is 1.58. The molecule has 3 N–H and O–H groups in total. The van der Waals surface area contributed by atoms with E-state index in [1.165, 1.54) is 12.1 Å². The summed E-state index contributed by atoms with van der Waals surface area (Å²) in [6, 6.07) is 20.8. The number of amides is 1. The minimum Gasteiger partial charge on any atom is -0.497 e. The molecule has 8 nitrogen and oxygen atoms in total. The second-order valence-electron chi connectivity index (χ2n) is 9.32. The number of halogens is 1. The van der Waals surface area contributed by atoms with Crippen molar-refractivity contribution in [3.05, 3.63) is 108 Å². The number of ether oxygens (including phenoxy) is 3. The summed E-state index contributed by atoms with van der Waals surface area (Å²) in [5.41, 5.74) is 6.78. The molecule has 1 aliphatic heterocycles. The van der Waals surface area contributed by atoms with Crippen LogP contribution in [-0.4, -0.2) is 49.3 Å². The quantitative estimate of drug-likeness (QED) is 0.158. The first-order chi connectivity index (χ1) is 19.5. The zero-order valence-corrected chi connectivity index (χ0v) is 22.4. The summed E-state index contributed by atoms with van der Waals surface area (Å²) in [4.78, 5) is 18.7. The summed E-state index contributed by atoms with van der Waals surface area (Å²) >= 11 is 0. The Labute approximate surface area is 233 Å². The van der Waals surface area contributed by atoms with E-state index in [0.717, 1.165) is 11.1 Å². The van der Waals surface area contributed by atoms with E-state index in [4.69, 9.17) is 24.3 Å². The van der Waals surface area contributed by atoms with Crippen molar-refractivity contribution in [1.82, 2.24) is 10.9 Å². The van der Waals surface area contributed by atoms with Crippen LogP contribution in [0.3, 0.4) is 0 Å². The first-order valence-corrected chi connectivity index (χ1v) is 13.1. The molecule has 1 aliphatic rings. The lowest BCUT2D eigenvalue weighted by atomic mass is 9.84. The molecule has 0 saturated carbocycles. The number of carbonyl (C=O) groups is 1. The van der Waals surface area contributed by atoms with Gasteiger partial charge in [0, 0.05) is 31.6 Å². The molecule has 2 atom stereocenters. The normalized spacial score (nSPS) is 18.0. The van der Waals surface area contributed by atoms with Crippen molar-refractivity contribution in [2.75, 3.05) is 26.9 Å². The van der Waals surface area contributed by atoms with Crippen molar-refractivity contribution in [2.24, 2.45) is 4.99 Å². The van der Waals surface area contributed by atoms with Gasteiger partial charge in [0.1, 0.15) is 17.3 Å². The van der Waals surface area contributed by atoms with Gasteiger partial charge in [-0.25, -0.2) is 14.8 Å². The monoisotopic (exact) mass is 547 g/mol. The number of carbonyl (C=O) groups excluding carboxylic acids is 1. The van der Waals surface area contributed by atoms with E-state index in [1.807, 2.05) is 36.4 Å². The maximum Gasteiger partial charge on any atom is 0.266 e. The van der Waals surface area contributed by atoms with Gasteiger partial charge in [0.25, 0.3) is 5.91 Å². The van der Waals surface area contributed by atoms with Gasteiger partial charge in [-0.1, -0.05) is 30.3 Å². The number of methoxy groups -OCH3 is 1. The summed E-state index contributed by atoms with van der Waals surface area (Å²) in [6.07, 6.45) is 2.24. The lowest BCUT2D eigenvalue weighted by Gasteiger charge is -2.29. The fraction of sp³-hybridized carbons (Fsp3) is 0.290. The molecule has 9 heteroatoms. The Morgan fingerprint density at radius 3 is 2.62 bits per heavy atom. The predicted molar refractivity (Wildman–Crippen MR) is 151 cm³/mol. The Bertz CT molecular complexity index is 1310. The summed E-state index contributed by atoms with van der Waals surface area (Å²) in [5, 5.41) is 8.97. The zero-order chi connectivity index (χ0) is 28.4. The SMILES string of the molecule is C=CC[C@]1(C(=O)NNCCc2ccc(F)cc2)N=C(c2ccc(OCCCO)cc2)O[C@H]1c1cccc(OC)c1. The van der Waals surface area contributed by atoms with Gasteiger partial charge in [0.05, 0.1) is 13.7 Å². The highest BCUT2D eigenvalue weighted by atomic mass is 19.1. The second-order valence-corrected chi connectivity index (χ2v) is 9.32. The van der Waals surface area contributed by atoms with Crippen molar-refractivity contribution in [3.8, 4) is 11.5 Å². The van der Waals surface area contributed by atoms with Crippen LogP contribution in [0.2, 0.25) is 0 Å². The second kappa shape index (κ2) is 13.7. The van der Waals surface area contributed by atoms with Crippen LogP contribution in [0.15, 0.2) is 90.4 Å². The molecule has 0 spiro atoms. The van der Waals surface area contributed by atoms with Gasteiger partial charge in [-0.3, -0.25) is 10.2 Å². The van der Waals surface area contributed by atoms with Crippen molar-refractivity contribution >= 4 is 11.8 Å². The number of aliphatic imine (C=N–C) groups is 1. The van der Waals surface area contributed by atoms with Crippen LogP contribution in [0, 0.1) is 5.82 Å². The highest BCUT2D eigenvalue weighted by Gasteiger charge is 2.52. The molecule has 0 bridgehead atoms. The molecule has 0 fully saturated rings. The van der Waals surface area contributed by atoms with Crippen molar-refractivity contribution in [2.45, 2.75) is 30.9 Å². The molecule has 210 valence electrons. The van der Waals surface area contributed by atoms with E-state index in [0.29, 0.717) is 49.0 Å². The lowest BCUT2D eigenvalue weighted by molar-refractivity contribution is -0.129. The summed E-state index contributed by atoms with van der Waals surface area (Å²) in [6.45, 7) is 4.78. The molecule has 0 aliphatic carbocycles. The van der Waals surface area contributed by atoms with Crippen LogP contribution >= 0.6 is 0 Å². The third-order valence-electron chi connectivity index (χ3n) is 6.54. The summed E-state index contributed by atoms with van der Waals surface area (Å²) < 4.78 is 30.6. The fourth-order valence-electron chi connectivity index (χ4n) is 4.45. The largest absolute Gasteiger partial charge is 0.497 e. The van der Waals surface area contributed by atoms with E-state index >= 15 is 0 Å². The van der Waals surface area contributed by atoms with Crippen LogP contribution in [0.1, 0.15) is 35.6 Å². The van der Waals surface area contributed by atoms with E-state index in [9.17, 15) is 9.18 Å². The maximum atomic E-state index is 13.8. The molecule has 0 saturated heterocycles. The van der Waals surface area contributed by atoms with Crippen molar-refractivity contribution in [1.29, 1.82) is 0 Å². The number of nitrogens with one attached hydrogen (secondary N) is 2. The van der Waals surface area contributed by atoms with Crippen LogP contribution in [0.25, 0.3) is 0 Å². The van der Waals surface area contributed by atoms with Gasteiger partial charge in [0.15, 0.2) is 11.6 Å². The van der Waals surface area contributed by atoms with Crippen LogP contribution in [-0.2, 0) is 16.0 Å². The third-order valence-corrected chi connectivity index (χ3v) is 6.54. The van der Waals surface area contributed by atoms with Gasteiger partial charge in [0.2, 0.25) is 5.90 Å². The Kier molecular flexibility index (Phi) is 9.88. The van der Waals surface area contributed by atoms with E-state index in [-0.39, 0.29) is 24.8 Å². The topological polar surface area (TPSA) is 101 Å². The first-order valence-electron chi connectivity index (χ1n) is 13.1. The molecule has 4 rings (SSSR count). The molecule has 0 unspecified atom stereocenters. The number of nitrogens with zero attached hydrogens (tertiary/aromatic N) is 1. The minimum atomic E-state index is -1.34. The van der Waals surface area contributed by atoms with Gasteiger partial charge in [-0.15, -0.1) is 6.58 Å². The number of aliphatic hydroxyl groups is 1. The molecule has 3 aromatic rings. The standard InChI is InChI=1S/C31H34FN3O5/c1-3-17-31(30(37)35-33-18-16-22-8-12-25(32)13-9-22)28(24-6-4-7-27(21-24)38-2)40-29(34-31)23-10-14-26(15-11-23)39-20-5-19-36/h3-4,6-15,21,28,33,36H,1,5,16-20H2,2H3,(H,35,37)/t28-,31-/m0/s1. The molecular weight excluding hydrogens is 513 g/mol. The zero-order valence-electron chi connectivity index (χ0n) is 22.4. The summed E-state index contributed by atoms with van der Waals surface area (Å²) in [5.74, 6) is 0.930. The summed E-state index contributed by atoms with van der Waals surface area (Å²) in [7, 11) is 1.58. The Morgan fingerprint density at radius 1 is 1.15 bits per heavy atom. The van der Waals surface area contributed by atoms with Gasteiger partial charge in [-0.05, 0) is 66.1 Å². The number of hydrogen-bond donors (Lipinski definition) is 3. The number of aliphatic hydroxyl groups excluding tert-OH is 1. The van der Waals surface area contributed by atoms with Crippen LogP contribution < -0.4 is 20.3 Å². The van der Waals surface area contributed by atoms with Gasteiger partial charge in [-0.2, -0.15) is 0 Å². The molecule has 0 radical (unpaired) electrons. The lowest BCUT2D eigenvalue weighted by Crippen LogP contribution is -2.52. The van der Waals surface area contributed by atoms with Crippen LogP contribution in [0.4, 0.5) is 4.39 Å². The van der Waals surface area contributed by atoms with Crippen molar-refractivity contribution in [3.63, 3.8) is 0 Å². The molecule has 1 amide bonds. The average Bonchev–Trinajstić information content (AvgIpc) is 3.37. The van der Waals surface area contributed by atoms with Crippen molar-refractivity contribution < 1.29 is 28.5 Å². The van der Waals surface area contributed by atoms with E-state index in [2.05, 4.69) is 17.4 Å². The number of hydrogen-bond acceptors (Lipinski definition) is 7. The van der Waals surface area contributed by atoms with Crippen LogP contribution in [0.5, 0.6) is 11.5 Å². The predicted octanol–water partition coefficient (Wildman–Crippen LogP) is 4.29. The Hall–Kier alpha value is -4.21. The molecular formula is C31H34FN3O5. The highest BCUT2D eigenvalue weighted by Crippen LogP contribution is 2.43. The molecule has 3 aromatic carbocycles. The molecule has 1 heterocycles. The minimum absolute atomic E-state index is 0.0585. The fourth-order valence-corrected chi connectivity index (χ4v) is 4.45. The molecule has 40 heavy (non-hydrogen) atoms. The van der Waals surface area contributed by atoms with E-state index < -0.39 is 11.6 Å². The Morgan fingerprint density at radius 2 is 1.93 bits per heavy atom. The van der Waals surface area contributed by atoms with E-state index in [1.54, 1.807) is 37.5 Å². The number of hydrazine groups is 1. The third kappa shape index (κ3) is 6.86. The van der Waals surface area contributed by atoms with Gasteiger partial charge >= 0.3 is 0 Å². The highest BCUT2D eigenvalue weighted by molar-refractivity contribution is 6.01. The molecule has 0 aromatic heterocycles. The average molecular weight is 548 g/mol. The van der Waals surface area contributed by atoms with Gasteiger partial charge < -0.3 is 19.3 Å². The smallest absolute Gasteiger partial charge is 0.266 e. The number of rotatable bonds is 14. The number of benzene rings is 3.